The molecule has 3 N–H and O–H groups in total. The highest BCUT2D eigenvalue weighted by Gasteiger charge is 2.27. The summed E-state index contributed by atoms with van der Waals surface area (Å²) in [4.78, 5) is 13.3. The van der Waals surface area contributed by atoms with Crippen molar-refractivity contribution in [1.29, 1.82) is 0 Å². The monoisotopic (exact) mass is 282 g/mol. The summed E-state index contributed by atoms with van der Waals surface area (Å²) in [5, 5.41) is 9.69. The Morgan fingerprint density at radius 2 is 1.89 bits per heavy atom. The van der Waals surface area contributed by atoms with Gasteiger partial charge in [0.1, 0.15) is 6.04 Å². The molecule has 0 aliphatic carbocycles. The third kappa shape index (κ3) is 3.69. The molecule has 0 aromatic heterocycles. The SMILES string of the molecule is NC(CC(c1ccc(Cl)cc1)N1CCCC1)C(=O)O. The molecule has 0 saturated carbocycles. The van der Waals surface area contributed by atoms with E-state index in [0.717, 1.165) is 31.5 Å². The van der Waals surface area contributed by atoms with Crippen LogP contribution >= 0.6 is 11.6 Å². The van der Waals surface area contributed by atoms with Crippen LogP contribution < -0.4 is 5.73 Å². The minimum atomic E-state index is -0.946. The molecule has 1 heterocycles. The number of carboxylic acid groups (broad SMARTS) is 1. The van der Waals surface area contributed by atoms with E-state index >= 15 is 0 Å². The van der Waals surface area contributed by atoms with Gasteiger partial charge in [-0.25, -0.2) is 0 Å². The van der Waals surface area contributed by atoms with Gasteiger partial charge in [-0.2, -0.15) is 0 Å². The highest BCUT2D eigenvalue weighted by molar-refractivity contribution is 6.30. The molecule has 0 spiro atoms. The first-order valence-corrected chi connectivity index (χ1v) is 6.93. The molecule has 2 unspecified atom stereocenters. The summed E-state index contributed by atoms with van der Waals surface area (Å²) < 4.78 is 0. The van der Waals surface area contributed by atoms with Gasteiger partial charge in [-0.15, -0.1) is 0 Å². The van der Waals surface area contributed by atoms with Crippen molar-refractivity contribution >= 4 is 17.6 Å². The highest BCUT2D eigenvalue weighted by atomic mass is 35.5. The van der Waals surface area contributed by atoms with E-state index in [1.54, 1.807) is 0 Å². The molecule has 5 heteroatoms. The number of likely N-dealkylation sites (tertiary alicyclic amines) is 1. The molecule has 2 rings (SSSR count). The van der Waals surface area contributed by atoms with Crippen LogP contribution in [0.3, 0.4) is 0 Å². The van der Waals surface area contributed by atoms with Gasteiger partial charge >= 0.3 is 5.97 Å². The summed E-state index contributed by atoms with van der Waals surface area (Å²) in [5.41, 5.74) is 6.79. The van der Waals surface area contributed by atoms with Crippen LogP contribution in [0.5, 0.6) is 0 Å². The van der Waals surface area contributed by atoms with Crippen LogP contribution in [0.25, 0.3) is 0 Å². The molecule has 4 nitrogen and oxygen atoms in total. The fourth-order valence-electron chi connectivity index (χ4n) is 2.58. The zero-order valence-electron chi connectivity index (χ0n) is 10.8. The molecule has 1 aliphatic rings. The summed E-state index contributed by atoms with van der Waals surface area (Å²) >= 11 is 5.90. The maximum atomic E-state index is 11.0. The van der Waals surface area contributed by atoms with Crippen molar-refractivity contribution in [2.75, 3.05) is 13.1 Å². The molecule has 1 saturated heterocycles. The molecule has 2 atom stereocenters. The van der Waals surface area contributed by atoms with Gasteiger partial charge in [-0.3, -0.25) is 9.69 Å². The van der Waals surface area contributed by atoms with Crippen LogP contribution in [-0.2, 0) is 4.79 Å². The normalized spacial score (nSPS) is 19.3. The van der Waals surface area contributed by atoms with Crippen molar-refractivity contribution in [2.45, 2.75) is 31.3 Å². The highest BCUT2D eigenvalue weighted by Crippen LogP contribution is 2.29. The second-order valence-corrected chi connectivity index (χ2v) is 5.43. The number of benzene rings is 1. The number of nitrogens with two attached hydrogens (primary N) is 1. The maximum Gasteiger partial charge on any atom is 0.320 e. The molecule has 0 amide bonds. The molecular formula is C14H19ClN2O2. The van der Waals surface area contributed by atoms with Gasteiger partial charge in [0.25, 0.3) is 0 Å². The summed E-state index contributed by atoms with van der Waals surface area (Å²) in [6, 6.07) is 6.82. The van der Waals surface area contributed by atoms with Crippen molar-refractivity contribution in [3.63, 3.8) is 0 Å². The first kappa shape index (κ1) is 14.3. The number of hydrogen-bond acceptors (Lipinski definition) is 3. The van der Waals surface area contributed by atoms with Crippen molar-refractivity contribution in [3.05, 3.63) is 34.9 Å². The van der Waals surface area contributed by atoms with Gasteiger partial charge in [-0.1, -0.05) is 23.7 Å². The predicted molar refractivity (Wildman–Crippen MR) is 75.2 cm³/mol. The molecule has 0 bridgehead atoms. The summed E-state index contributed by atoms with van der Waals surface area (Å²) in [6.07, 6.45) is 2.75. The topological polar surface area (TPSA) is 66.6 Å². The summed E-state index contributed by atoms with van der Waals surface area (Å²) in [7, 11) is 0. The predicted octanol–water partition coefficient (Wildman–Crippen LogP) is 2.28. The molecule has 104 valence electrons. The minimum Gasteiger partial charge on any atom is -0.480 e. The van der Waals surface area contributed by atoms with E-state index in [2.05, 4.69) is 4.90 Å². The smallest absolute Gasteiger partial charge is 0.320 e. The standard InChI is InChI=1S/C14H19ClN2O2/c15-11-5-3-10(4-6-11)13(9-12(16)14(18)19)17-7-1-2-8-17/h3-6,12-13H,1-2,7-9,16H2,(H,18,19). The maximum absolute atomic E-state index is 11.0. The van der Waals surface area contributed by atoms with Gasteiger partial charge in [0, 0.05) is 11.1 Å². The average molecular weight is 283 g/mol. The van der Waals surface area contributed by atoms with Crippen molar-refractivity contribution in [2.24, 2.45) is 5.73 Å². The second kappa shape index (κ2) is 6.37. The van der Waals surface area contributed by atoms with Crippen LogP contribution in [0.1, 0.15) is 30.9 Å². The molecule has 1 fully saturated rings. The largest absolute Gasteiger partial charge is 0.480 e. The lowest BCUT2D eigenvalue weighted by Gasteiger charge is -2.29. The Hall–Kier alpha value is -1.10. The molecule has 0 radical (unpaired) electrons. The van der Waals surface area contributed by atoms with E-state index in [0.29, 0.717) is 11.4 Å². The average Bonchev–Trinajstić information content (AvgIpc) is 2.90. The summed E-state index contributed by atoms with van der Waals surface area (Å²) in [6.45, 7) is 2.00. The van der Waals surface area contributed by atoms with Crippen LogP contribution in [0, 0.1) is 0 Å². The lowest BCUT2D eigenvalue weighted by molar-refractivity contribution is -0.139. The Bertz CT molecular complexity index is 430. The first-order valence-electron chi connectivity index (χ1n) is 6.56. The lowest BCUT2D eigenvalue weighted by Crippen LogP contribution is -2.36. The van der Waals surface area contributed by atoms with Gasteiger partial charge in [0.2, 0.25) is 0 Å². The Morgan fingerprint density at radius 3 is 2.42 bits per heavy atom. The molecule has 1 aliphatic heterocycles. The lowest BCUT2D eigenvalue weighted by atomic mass is 9.98. The van der Waals surface area contributed by atoms with Gasteiger partial charge < -0.3 is 10.8 Å². The summed E-state index contributed by atoms with van der Waals surface area (Å²) in [5.74, 6) is -0.946. The number of aliphatic carboxylic acids is 1. The van der Waals surface area contributed by atoms with E-state index < -0.39 is 12.0 Å². The van der Waals surface area contributed by atoms with Crippen molar-refractivity contribution in [1.82, 2.24) is 4.90 Å². The van der Waals surface area contributed by atoms with E-state index in [4.69, 9.17) is 22.4 Å². The van der Waals surface area contributed by atoms with Crippen LogP contribution in [0.4, 0.5) is 0 Å². The number of rotatable bonds is 5. The fraction of sp³-hybridized carbons (Fsp3) is 0.500. The fourth-order valence-corrected chi connectivity index (χ4v) is 2.70. The Kier molecular flexibility index (Phi) is 4.80. The van der Waals surface area contributed by atoms with E-state index in [1.807, 2.05) is 24.3 Å². The number of halogens is 1. The number of carbonyl (C=O) groups is 1. The van der Waals surface area contributed by atoms with Gasteiger partial charge in [0.05, 0.1) is 0 Å². The van der Waals surface area contributed by atoms with Crippen molar-refractivity contribution in [3.8, 4) is 0 Å². The molecule has 1 aromatic carbocycles. The van der Waals surface area contributed by atoms with Gasteiger partial charge in [-0.05, 0) is 50.0 Å². The number of nitrogens with zero attached hydrogens (tertiary/aromatic N) is 1. The Labute approximate surface area is 118 Å². The zero-order valence-corrected chi connectivity index (χ0v) is 11.5. The number of carboxylic acids is 1. The Morgan fingerprint density at radius 1 is 1.32 bits per heavy atom. The third-order valence-corrected chi connectivity index (χ3v) is 3.88. The van der Waals surface area contributed by atoms with Crippen LogP contribution in [0.15, 0.2) is 24.3 Å². The zero-order chi connectivity index (χ0) is 13.8. The minimum absolute atomic E-state index is 0.0610. The van der Waals surface area contributed by atoms with Crippen LogP contribution in [-0.4, -0.2) is 35.1 Å². The molecular weight excluding hydrogens is 264 g/mol. The van der Waals surface area contributed by atoms with E-state index in [1.165, 1.54) is 0 Å². The van der Waals surface area contributed by atoms with Crippen molar-refractivity contribution < 1.29 is 9.90 Å². The Balaban J connectivity index is 2.17. The van der Waals surface area contributed by atoms with E-state index in [-0.39, 0.29) is 6.04 Å². The van der Waals surface area contributed by atoms with Gasteiger partial charge in [0.15, 0.2) is 0 Å². The van der Waals surface area contributed by atoms with E-state index in [9.17, 15) is 4.79 Å². The molecule has 1 aromatic rings. The second-order valence-electron chi connectivity index (χ2n) is 4.99. The third-order valence-electron chi connectivity index (χ3n) is 3.63. The number of hydrogen-bond donors (Lipinski definition) is 2. The first-order chi connectivity index (χ1) is 9.08. The quantitative estimate of drug-likeness (QED) is 0.869. The van der Waals surface area contributed by atoms with Crippen LogP contribution in [0.2, 0.25) is 5.02 Å². The molecule has 19 heavy (non-hydrogen) atoms.